The van der Waals surface area contributed by atoms with Crippen LogP contribution in [-0.2, 0) is 4.74 Å². The van der Waals surface area contributed by atoms with Gasteiger partial charge >= 0.3 is 0 Å². The summed E-state index contributed by atoms with van der Waals surface area (Å²) < 4.78 is 26.3. The molecule has 2 aromatic carbocycles. The summed E-state index contributed by atoms with van der Waals surface area (Å²) in [4.78, 5) is 0. The van der Waals surface area contributed by atoms with E-state index in [9.17, 15) is 4.39 Å². The second-order valence-corrected chi connectivity index (χ2v) is 14.9. The summed E-state index contributed by atoms with van der Waals surface area (Å²) in [5.74, 6) is 3.76. The standard InChI is InChI=1S/C23H30FIO2Si/c1-15(2)28(16(3)4,17(5)6)11-10-20-21(24)9-8-18-12-19(27-14-26-7)13-22(25)23(18)20/h8-9,12-13,15-17H,14H2,1-7H3. The molecule has 0 radical (unpaired) electrons. The molecule has 0 N–H and O–H groups in total. The maximum atomic E-state index is 14.8. The van der Waals surface area contributed by atoms with Gasteiger partial charge in [0.2, 0.25) is 0 Å². The molecule has 0 aromatic heterocycles. The summed E-state index contributed by atoms with van der Waals surface area (Å²) in [6.07, 6.45) is 0. The van der Waals surface area contributed by atoms with Crippen molar-refractivity contribution in [2.24, 2.45) is 0 Å². The highest BCUT2D eigenvalue weighted by molar-refractivity contribution is 14.1. The molecule has 28 heavy (non-hydrogen) atoms. The first-order valence-electron chi connectivity index (χ1n) is 9.71. The van der Waals surface area contributed by atoms with Crippen LogP contribution in [0.25, 0.3) is 10.8 Å². The zero-order valence-corrected chi connectivity index (χ0v) is 21.0. The van der Waals surface area contributed by atoms with Gasteiger partial charge in [0.25, 0.3) is 0 Å². The van der Waals surface area contributed by atoms with Crippen LogP contribution in [0.5, 0.6) is 5.75 Å². The summed E-state index contributed by atoms with van der Waals surface area (Å²) in [6, 6.07) is 7.12. The number of methoxy groups -OCH3 is 1. The maximum absolute atomic E-state index is 14.8. The van der Waals surface area contributed by atoms with Crippen molar-refractivity contribution in [3.8, 4) is 17.2 Å². The van der Waals surface area contributed by atoms with Crippen LogP contribution in [0, 0.1) is 20.9 Å². The number of halogens is 2. The highest BCUT2D eigenvalue weighted by atomic mass is 127. The van der Waals surface area contributed by atoms with E-state index in [0.717, 1.165) is 14.3 Å². The van der Waals surface area contributed by atoms with Crippen LogP contribution < -0.4 is 4.74 Å². The van der Waals surface area contributed by atoms with E-state index in [-0.39, 0.29) is 12.6 Å². The first kappa shape index (κ1) is 23.2. The van der Waals surface area contributed by atoms with Gasteiger partial charge in [-0.15, -0.1) is 5.54 Å². The molecule has 0 heterocycles. The minimum atomic E-state index is -1.94. The Bertz CT molecular complexity index is 875. The second-order valence-electron chi connectivity index (χ2n) is 8.12. The largest absolute Gasteiger partial charge is 0.468 e. The lowest BCUT2D eigenvalue weighted by molar-refractivity contribution is 0.0512. The molecule has 0 amide bonds. The minimum Gasteiger partial charge on any atom is -0.468 e. The Morgan fingerprint density at radius 3 is 2.18 bits per heavy atom. The van der Waals surface area contributed by atoms with Gasteiger partial charge in [-0.2, -0.15) is 0 Å². The Kier molecular flexibility index (Phi) is 7.94. The Balaban J connectivity index is 2.68. The Morgan fingerprint density at radius 2 is 1.64 bits per heavy atom. The van der Waals surface area contributed by atoms with Gasteiger partial charge < -0.3 is 9.47 Å². The molecule has 2 rings (SSSR count). The molecular weight excluding hydrogens is 482 g/mol. The molecule has 2 aromatic rings. The molecule has 2 nitrogen and oxygen atoms in total. The van der Waals surface area contributed by atoms with Crippen molar-refractivity contribution >= 4 is 41.4 Å². The van der Waals surface area contributed by atoms with E-state index in [2.05, 4.69) is 75.6 Å². The summed E-state index contributed by atoms with van der Waals surface area (Å²) in [6.45, 7) is 13.8. The number of fused-ring (bicyclic) bond motifs is 1. The van der Waals surface area contributed by atoms with Crippen LogP contribution in [0.3, 0.4) is 0 Å². The van der Waals surface area contributed by atoms with E-state index in [1.165, 1.54) is 6.07 Å². The number of rotatable bonds is 6. The van der Waals surface area contributed by atoms with E-state index in [4.69, 9.17) is 9.47 Å². The Hall–Kier alpha value is -1.10. The summed E-state index contributed by atoms with van der Waals surface area (Å²) in [5, 5.41) is 1.78. The average Bonchev–Trinajstić information content (AvgIpc) is 2.61. The third-order valence-corrected chi connectivity index (χ3v) is 12.7. The molecule has 0 bridgehead atoms. The van der Waals surface area contributed by atoms with Gasteiger partial charge in [0.15, 0.2) is 6.79 Å². The van der Waals surface area contributed by atoms with Gasteiger partial charge in [-0.1, -0.05) is 53.5 Å². The van der Waals surface area contributed by atoms with Crippen LogP contribution in [0.2, 0.25) is 16.6 Å². The van der Waals surface area contributed by atoms with Crippen LogP contribution in [0.4, 0.5) is 4.39 Å². The SMILES string of the molecule is COCOc1cc(I)c2c(C#C[Si](C(C)C)(C(C)C)C(C)C)c(F)ccc2c1. The van der Waals surface area contributed by atoms with E-state index >= 15 is 0 Å². The van der Waals surface area contributed by atoms with Crippen molar-refractivity contribution in [1.29, 1.82) is 0 Å². The quantitative estimate of drug-likeness (QED) is 0.177. The lowest BCUT2D eigenvalue weighted by Crippen LogP contribution is -2.43. The number of benzene rings is 2. The van der Waals surface area contributed by atoms with E-state index < -0.39 is 8.07 Å². The fourth-order valence-electron chi connectivity index (χ4n) is 4.30. The van der Waals surface area contributed by atoms with Crippen molar-refractivity contribution < 1.29 is 13.9 Å². The molecule has 0 saturated heterocycles. The second kappa shape index (κ2) is 9.60. The highest BCUT2D eigenvalue weighted by Gasteiger charge is 2.41. The van der Waals surface area contributed by atoms with Crippen molar-refractivity contribution in [1.82, 2.24) is 0 Å². The van der Waals surface area contributed by atoms with Crippen LogP contribution in [0.15, 0.2) is 24.3 Å². The van der Waals surface area contributed by atoms with Gasteiger partial charge in [0, 0.05) is 16.1 Å². The van der Waals surface area contributed by atoms with Crippen LogP contribution in [-0.4, -0.2) is 22.0 Å². The lowest BCUT2D eigenvalue weighted by atomic mass is 10.0. The molecule has 0 fully saturated rings. The average molecular weight is 512 g/mol. The van der Waals surface area contributed by atoms with Gasteiger partial charge in [-0.3, -0.25) is 0 Å². The van der Waals surface area contributed by atoms with Crippen molar-refractivity contribution in [2.45, 2.75) is 58.2 Å². The van der Waals surface area contributed by atoms with Gasteiger partial charge in [0.1, 0.15) is 19.6 Å². The third kappa shape index (κ3) is 4.55. The third-order valence-electron chi connectivity index (χ3n) is 5.61. The van der Waals surface area contributed by atoms with E-state index in [0.29, 0.717) is 27.9 Å². The molecule has 0 spiro atoms. The Morgan fingerprint density at radius 1 is 1.04 bits per heavy atom. The van der Waals surface area contributed by atoms with Crippen LogP contribution in [0.1, 0.15) is 47.1 Å². The smallest absolute Gasteiger partial charge is 0.188 e. The summed E-state index contributed by atoms with van der Waals surface area (Å²) in [7, 11) is -0.351. The minimum absolute atomic E-state index is 0.181. The molecule has 0 aliphatic heterocycles. The molecule has 0 aliphatic rings. The molecule has 0 saturated carbocycles. The normalized spacial score (nSPS) is 12.0. The zero-order chi connectivity index (χ0) is 21.1. The van der Waals surface area contributed by atoms with E-state index in [1.807, 2.05) is 12.1 Å². The summed E-state index contributed by atoms with van der Waals surface area (Å²) in [5.41, 5.74) is 5.67. The van der Waals surface area contributed by atoms with Gasteiger partial charge in [-0.25, -0.2) is 4.39 Å². The highest BCUT2D eigenvalue weighted by Crippen LogP contribution is 2.41. The monoisotopic (exact) mass is 512 g/mol. The lowest BCUT2D eigenvalue weighted by Gasteiger charge is -2.38. The predicted octanol–water partition coefficient (Wildman–Crippen LogP) is 7.14. The zero-order valence-electron chi connectivity index (χ0n) is 17.8. The first-order chi connectivity index (χ1) is 13.1. The van der Waals surface area contributed by atoms with E-state index in [1.54, 1.807) is 13.2 Å². The van der Waals surface area contributed by atoms with Crippen molar-refractivity contribution in [3.05, 3.63) is 39.2 Å². The summed E-state index contributed by atoms with van der Waals surface area (Å²) >= 11 is 2.23. The fourth-order valence-corrected chi connectivity index (χ4v) is 10.4. The molecule has 0 aliphatic carbocycles. The Labute approximate surface area is 183 Å². The number of ether oxygens (including phenoxy) is 2. The maximum Gasteiger partial charge on any atom is 0.188 e. The fraction of sp³-hybridized carbons (Fsp3) is 0.478. The van der Waals surface area contributed by atoms with Crippen molar-refractivity contribution in [3.63, 3.8) is 0 Å². The molecular formula is C23H30FIO2Si. The predicted molar refractivity (Wildman–Crippen MR) is 127 cm³/mol. The molecule has 0 atom stereocenters. The molecule has 0 unspecified atom stereocenters. The molecule has 5 heteroatoms. The van der Waals surface area contributed by atoms with Crippen LogP contribution >= 0.6 is 22.6 Å². The first-order valence-corrected chi connectivity index (χ1v) is 13.0. The number of hydrogen-bond acceptors (Lipinski definition) is 2. The number of hydrogen-bond donors (Lipinski definition) is 0. The van der Waals surface area contributed by atoms with Crippen molar-refractivity contribution in [2.75, 3.05) is 13.9 Å². The van der Waals surface area contributed by atoms with Gasteiger partial charge in [-0.05, 0) is 62.8 Å². The topological polar surface area (TPSA) is 18.5 Å². The van der Waals surface area contributed by atoms with Gasteiger partial charge in [0.05, 0.1) is 5.56 Å². The molecule has 152 valence electrons.